The molecular weight excluding hydrogens is 1120 g/mol. The van der Waals surface area contributed by atoms with Gasteiger partial charge in [-0.05, 0) is 82.7 Å². The summed E-state index contributed by atoms with van der Waals surface area (Å²) in [5.74, 6) is -1.02. The summed E-state index contributed by atoms with van der Waals surface area (Å²) in [5, 5.41) is 35.5. The van der Waals surface area contributed by atoms with E-state index in [4.69, 9.17) is 24.7 Å². The lowest BCUT2D eigenvalue weighted by Gasteiger charge is -2.35. The highest BCUT2D eigenvalue weighted by Crippen LogP contribution is 2.25. The summed E-state index contributed by atoms with van der Waals surface area (Å²) >= 11 is 0. The van der Waals surface area contributed by atoms with Gasteiger partial charge in [-0.3, -0.25) is 20.0 Å². The topological polar surface area (TPSA) is 302 Å². The predicted octanol–water partition coefficient (Wildman–Crippen LogP) is 6.61. The molecular formula is C63H87N9O13S. The van der Waals surface area contributed by atoms with E-state index in [1.165, 1.54) is 42.8 Å². The van der Waals surface area contributed by atoms with Crippen LogP contribution in [0.1, 0.15) is 78.5 Å². The van der Waals surface area contributed by atoms with Gasteiger partial charge in [0.05, 0.1) is 62.3 Å². The Bertz CT molecular complexity index is 3020. The number of hydrazine groups is 1. The van der Waals surface area contributed by atoms with Crippen molar-refractivity contribution in [3.63, 3.8) is 0 Å². The number of nitrogens with two attached hydrogens (primary N) is 1. The number of aliphatic hydroxyl groups is 2. The number of amides is 5. The Balaban J connectivity index is 0.000000336. The number of nitrogen functional groups attached to an aromatic ring is 1. The number of methoxy groups -OCH3 is 2. The minimum atomic E-state index is -3.90. The second kappa shape index (κ2) is 32.7. The number of carbonyl (C=O) groups is 5. The molecule has 7 atom stereocenters. The maximum Gasteiger partial charge on any atom is 0.407 e. The normalized spacial score (nSPS) is 15.6. The van der Waals surface area contributed by atoms with Crippen LogP contribution in [0.2, 0.25) is 0 Å². The molecule has 0 spiro atoms. The fraction of sp³-hybridized carbons (Fsp3) is 0.460. The molecule has 1 saturated heterocycles. The van der Waals surface area contributed by atoms with E-state index >= 15 is 0 Å². The van der Waals surface area contributed by atoms with Gasteiger partial charge in [0.15, 0.2) is 0 Å². The van der Waals surface area contributed by atoms with Crippen molar-refractivity contribution in [2.24, 2.45) is 16.7 Å². The molecule has 5 amide bonds. The summed E-state index contributed by atoms with van der Waals surface area (Å²) < 4.78 is 48.2. The number of pyridine rings is 1. The minimum absolute atomic E-state index is 0.0126. The second-order valence-corrected chi connectivity index (χ2v) is 25.6. The molecule has 23 heteroatoms. The number of aromatic nitrogens is 1. The highest BCUT2D eigenvalue weighted by molar-refractivity contribution is 7.89. The molecule has 0 aliphatic carbocycles. The number of nitrogens with zero attached hydrogens (tertiary/aromatic N) is 3. The van der Waals surface area contributed by atoms with Crippen LogP contribution in [0.5, 0.6) is 0 Å². The van der Waals surface area contributed by atoms with Crippen molar-refractivity contribution in [2.45, 2.75) is 129 Å². The average Bonchev–Trinajstić information content (AvgIpc) is 3.03. The van der Waals surface area contributed by atoms with Gasteiger partial charge in [0.2, 0.25) is 15.9 Å². The summed E-state index contributed by atoms with van der Waals surface area (Å²) in [6.07, 6.45) is -2.06. The van der Waals surface area contributed by atoms with Gasteiger partial charge in [0, 0.05) is 50.0 Å². The first kappa shape index (κ1) is 69.1. The first-order valence-corrected chi connectivity index (χ1v) is 30.0. The van der Waals surface area contributed by atoms with Gasteiger partial charge in [0.25, 0.3) is 5.91 Å². The van der Waals surface area contributed by atoms with Crippen molar-refractivity contribution >= 4 is 45.8 Å². The van der Waals surface area contributed by atoms with Crippen molar-refractivity contribution in [3.8, 4) is 11.3 Å². The number of sulfonamides is 1. The maximum atomic E-state index is 13.8. The molecule has 4 aromatic carbocycles. The average molecular weight is 1210 g/mol. The Morgan fingerprint density at radius 3 is 1.66 bits per heavy atom. The number of nitrogens with one attached hydrogen (secondary N) is 5. The van der Waals surface area contributed by atoms with Crippen molar-refractivity contribution in [2.75, 3.05) is 52.8 Å². The number of rotatable bonds is 25. The van der Waals surface area contributed by atoms with E-state index in [1.807, 2.05) is 138 Å². The molecule has 0 bridgehead atoms. The lowest BCUT2D eigenvalue weighted by molar-refractivity contribution is -0.132. The largest absolute Gasteiger partial charge is 0.453 e. The van der Waals surface area contributed by atoms with Crippen LogP contribution in [0.25, 0.3) is 11.3 Å². The van der Waals surface area contributed by atoms with Gasteiger partial charge in [-0.2, -0.15) is 4.31 Å². The highest BCUT2D eigenvalue weighted by atomic mass is 32.2. The van der Waals surface area contributed by atoms with E-state index < -0.39 is 87.3 Å². The van der Waals surface area contributed by atoms with Crippen LogP contribution < -0.4 is 32.4 Å². The Labute approximate surface area is 505 Å². The summed E-state index contributed by atoms with van der Waals surface area (Å²) in [5.41, 5.74) is 11.9. The maximum absolute atomic E-state index is 13.8. The number of hydrogen-bond acceptors (Lipinski definition) is 16. The van der Waals surface area contributed by atoms with Gasteiger partial charge in [0.1, 0.15) is 18.2 Å². The van der Waals surface area contributed by atoms with Crippen LogP contribution in [0.4, 0.5) is 20.1 Å². The molecule has 1 fully saturated rings. The quantitative estimate of drug-likeness (QED) is 0.0173. The third-order valence-corrected chi connectivity index (χ3v) is 15.8. The highest BCUT2D eigenvalue weighted by Gasteiger charge is 2.38. The Morgan fingerprint density at radius 2 is 1.17 bits per heavy atom. The fourth-order valence-corrected chi connectivity index (χ4v) is 10.9. The van der Waals surface area contributed by atoms with Crippen molar-refractivity contribution in [1.29, 1.82) is 0 Å². The summed E-state index contributed by atoms with van der Waals surface area (Å²) in [7, 11) is -1.47. The van der Waals surface area contributed by atoms with Gasteiger partial charge in [-0.1, -0.05) is 146 Å². The summed E-state index contributed by atoms with van der Waals surface area (Å²) in [4.78, 5) is 69.0. The molecule has 2 heterocycles. The van der Waals surface area contributed by atoms with E-state index in [1.54, 1.807) is 32.0 Å². The number of aliphatic hydroxyl groups excluding tert-OH is 2. The standard InChI is InChI=1S/C38H52N6O7.C25H35N3O6S/c1-37(2,3)31(41-35(48)50-7)33(46)40-29(22-25-14-10-9-11-15-25)30(45)24-44(43-34(47)32(38(4,5)6)42-36(49)51-8)23-26-17-19-27(20-18-26)28-16-12-13-21-39-28;1-18(2)15-28(35(31,32)22-10-8-20(26)9-11-22)16-24(29)23(14-19-6-4-3-5-7-19)27-25(30)34-21-12-13-33-17-21/h9-21,29-32,45H,22-24H2,1-8H3,(H,40,46)(H,41,48)(H,42,49)(H,43,47);3-11,18,21,23-24,29H,12-17,26H2,1-2H3,(H,27,30)/t29-,30-,31+,32+;21-,23-,24+/m00/s1. The zero-order valence-corrected chi connectivity index (χ0v) is 51.7. The minimum Gasteiger partial charge on any atom is -0.453 e. The summed E-state index contributed by atoms with van der Waals surface area (Å²) in [6.45, 7) is 15.6. The molecule has 0 saturated carbocycles. The molecule has 1 aromatic heterocycles. The fourth-order valence-electron chi connectivity index (χ4n) is 9.28. The zero-order chi connectivity index (χ0) is 63.2. The Kier molecular flexibility index (Phi) is 26.3. The van der Waals surface area contributed by atoms with Gasteiger partial charge < -0.3 is 56.2 Å². The van der Waals surface area contributed by atoms with Crippen molar-refractivity contribution in [3.05, 3.63) is 150 Å². The van der Waals surface area contributed by atoms with E-state index in [-0.39, 0.29) is 49.5 Å². The Morgan fingerprint density at radius 1 is 0.651 bits per heavy atom. The first-order chi connectivity index (χ1) is 40.7. The summed E-state index contributed by atoms with van der Waals surface area (Å²) in [6, 6.07) is 34.4. The van der Waals surface area contributed by atoms with Crippen molar-refractivity contribution in [1.82, 2.24) is 41.0 Å². The Hall–Kier alpha value is -7.67. The van der Waals surface area contributed by atoms with Crippen LogP contribution >= 0.6 is 0 Å². The third kappa shape index (κ3) is 22.3. The van der Waals surface area contributed by atoms with E-state index in [0.717, 1.165) is 27.9 Å². The molecule has 0 unspecified atom stereocenters. The molecule has 1 aliphatic rings. The monoisotopic (exact) mass is 1210 g/mol. The van der Waals surface area contributed by atoms with Gasteiger partial charge >= 0.3 is 18.3 Å². The first-order valence-electron chi connectivity index (χ1n) is 28.6. The molecule has 5 aromatic rings. The van der Waals surface area contributed by atoms with Gasteiger partial charge in [-0.25, -0.2) is 27.8 Å². The molecule has 1 aliphatic heterocycles. The number of anilines is 1. The second-order valence-electron chi connectivity index (χ2n) is 23.7. The molecule has 0 radical (unpaired) electrons. The van der Waals surface area contributed by atoms with E-state index in [0.29, 0.717) is 31.7 Å². The van der Waals surface area contributed by atoms with Crippen LogP contribution in [0.3, 0.4) is 0 Å². The number of alkyl carbamates (subject to hydrolysis) is 3. The zero-order valence-electron chi connectivity index (χ0n) is 50.9. The predicted molar refractivity (Wildman–Crippen MR) is 327 cm³/mol. The van der Waals surface area contributed by atoms with E-state index in [9.17, 15) is 42.6 Å². The lowest BCUT2D eigenvalue weighted by Crippen LogP contribution is -2.60. The molecule has 22 nitrogen and oxygen atoms in total. The van der Waals surface area contributed by atoms with Crippen LogP contribution in [0.15, 0.2) is 138 Å². The lowest BCUT2D eigenvalue weighted by atomic mass is 9.85. The molecule has 86 heavy (non-hydrogen) atoms. The van der Waals surface area contributed by atoms with Gasteiger partial charge in [-0.15, -0.1) is 0 Å². The van der Waals surface area contributed by atoms with Crippen LogP contribution in [-0.4, -0.2) is 153 Å². The smallest absolute Gasteiger partial charge is 0.407 e. The molecule has 468 valence electrons. The van der Waals surface area contributed by atoms with Crippen LogP contribution in [0, 0.1) is 16.7 Å². The van der Waals surface area contributed by atoms with Crippen molar-refractivity contribution < 1.29 is 61.6 Å². The number of ether oxygens (including phenoxy) is 4. The molecule has 9 N–H and O–H groups in total. The molecule has 6 rings (SSSR count). The van der Waals surface area contributed by atoms with E-state index in [2.05, 4.69) is 31.7 Å². The SMILES string of the molecule is CC(C)CN(C[C@@H](O)[C@H](Cc1ccccc1)NC(=O)O[C@H]1CCOC1)S(=O)(=O)c1ccc(N)cc1.COC(=O)N[C@H](C(=O)N[C@@H](Cc1ccccc1)[C@@H](O)CN(Cc1ccc(-c2ccccn2)cc1)NC(=O)[C@@H](NC(=O)OC)C(C)(C)C)C(C)(C)C. The number of benzene rings is 4. The third-order valence-electron chi connectivity index (χ3n) is 13.9. The number of hydrogen-bond donors (Lipinski definition) is 8. The number of carbonyl (C=O) groups excluding carboxylic acids is 5. The van der Waals surface area contributed by atoms with Crippen LogP contribution in [-0.2, 0) is 57.9 Å².